The molecule has 2 N–H and O–H groups in total. The van der Waals surface area contributed by atoms with Gasteiger partial charge < -0.3 is 5.73 Å². The smallest absolute Gasteiger partial charge is 0.0438 e. The average Bonchev–Trinajstić information content (AvgIpc) is 2.34. The molecular weight excluding hydrogens is 206 g/mol. The Bertz CT molecular complexity index is 385. The van der Waals surface area contributed by atoms with Crippen LogP contribution in [0.25, 0.3) is 0 Å². The molecule has 1 saturated carbocycles. The molecule has 0 aromatic heterocycles. The van der Waals surface area contributed by atoms with Crippen LogP contribution in [0.5, 0.6) is 0 Å². The number of hydrogen-bond donors (Lipinski definition) is 1. The zero-order valence-electron chi connectivity index (χ0n) is 11.4. The van der Waals surface area contributed by atoms with Gasteiger partial charge in [-0.05, 0) is 42.2 Å². The van der Waals surface area contributed by atoms with Crippen molar-refractivity contribution in [3.05, 3.63) is 35.4 Å². The van der Waals surface area contributed by atoms with Gasteiger partial charge in [-0.25, -0.2) is 0 Å². The molecule has 1 aliphatic carbocycles. The van der Waals surface area contributed by atoms with Crippen molar-refractivity contribution >= 4 is 0 Å². The third-order valence-corrected chi connectivity index (χ3v) is 4.53. The molecule has 0 radical (unpaired) electrons. The average molecular weight is 231 g/mol. The second-order valence-electron chi connectivity index (χ2n) is 5.88. The van der Waals surface area contributed by atoms with Gasteiger partial charge in [-0.3, -0.25) is 0 Å². The van der Waals surface area contributed by atoms with Gasteiger partial charge in [-0.2, -0.15) is 0 Å². The topological polar surface area (TPSA) is 26.0 Å². The summed E-state index contributed by atoms with van der Waals surface area (Å²) in [5.41, 5.74) is 9.37. The van der Waals surface area contributed by atoms with Gasteiger partial charge in [0.25, 0.3) is 0 Å². The molecule has 1 fully saturated rings. The minimum Gasteiger partial charge on any atom is -0.321 e. The van der Waals surface area contributed by atoms with E-state index in [0.717, 1.165) is 18.8 Å². The number of nitrogens with two attached hydrogens (primary N) is 1. The lowest BCUT2D eigenvalue weighted by Gasteiger charge is -2.43. The maximum atomic E-state index is 6.74. The van der Waals surface area contributed by atoms with Crippen LogP contribution in [0.2, 0.25) is 0 Å². The van der Waals surface area contributed by atoms with E-state index in [1.165, 1.54) is 24.0 Å². The molecule has 17 heavy (non-hydrogen) atoms. The summed E-state index contributed by atoms with van der Waals surface area (Å²) in [6.45, 7) is 6.84. The van der Waals surface area contributed by atoms with Crippen LogP contribution >= 0.6 is 0 Å². The molecule has 0 spiro atoms. The van der Waals surface area contributed by atoms with Crippen LogP contribution in [0.1, 0.15) is 51.2 Å². The van der Waals surface area contributed by atoms with Gasteiger partial charge >= 0.3 is 0 Å². The van der Waals surface area contributed by atoms with Gasteiger partial charge in [-0.1, -0.05) is 51.5 Å². The third-order valence-electron chi connectivity index (χ3n) is 4.53. The second kappa shape index (κ2) is 4.81. The van der Waals surface area contributed by atoms with Gasteiger partial charge in [0, 0.05) is 5.54 Å². The van der Waals surface area contributed by atoms with Crippen LogP contribution in [0, 0.1) is 11.8 Å². The summed E-state index contributed by atoms with van der Waals surface area (Å²) < 4.78 is 0. The summed E-state index contributed by atoms with van der Waals surface area (Å²) in [6.07, 6.45) is 4.80. The van der Waals surface area contributed by atoms with Crippen LogP contribution in [0.4, 0.5) is 0 Å². The largest absolute Gasteiger partial charge is 0.321 e. The van der Waals surface area contributed by atoms with Crippen molar-refractivity contribution in [3.63, 3.8) is 0 Å². The van der Waals surface area contributed by atoms with Crippen LogP contribution < -0.4 is 5.73 Å². The highest BCUT2D eigenvalue weighted by molar-refractivity contribution is 5.30. The van der Waals surface area contributed by atoms with Crippen LogP contribution in [0.15, 0.2) is 24.3 Å². The van der Waals surface area contributed by atoms with Crippen molar-refractivity contribution in [2.75, 3.05) is 0 Å². The number of hydrogen-bond acceptors (Lipinski definition) is 1. The molecule has 1 aromatic carbocycles. The summed E-state index contributed by atoms with van der Waals surface area (Å²) in [5.74, 6) is 1.34. The summed E-state index contributed by atoms with van der Waals surface area (Å²) in [5, 5.41) is 0. The van der Waals surface area contributed by atoms with Gasteiger partial charge in [-0.15, -0.1) is 0 Å². The Hall–Kier alpha value is -0.820. The molecule has 0 amide bonds. The SMILES string of the molecule is CCc1cccc(C2(N)CC(C)CCC2C)c1. The monoisotopic (exact) mass is 231 g/mol. The van der Waals surface area contributed by atoms with Crippen molar-refractivity contribution in [2.45, 2.75) is 52.0 Å². The molecule has 1 heteroatoms. The van der Waals surface area contributed by atoms with Gasteiger partial charge in [0.2, 0.25) is 0 Å². The second-order valence-corrected chi connectivity index (χ2v) is 5.88. The van der Waals surface area contributed by atoms with E-state index in [-0.39, 0.29) is 5.54 Å². The minimum absolute atomic E-state index is 0.108. The Kier molecular flexibility index (Phi) is 3.58. The summed E-state index contributed by atoms with van der Waals surface area (Å²) in [7, 11) is 0. The zero-order chi connectivity index (χ0) is 12.5. The molecule has 0 heterocycles. The first-order chi connectivity index (χ1) is 8.06. The molecular formula is C16H25N. The molecule has 1 nitrogen and oxygen atoms in total. The van der Waals surface area contributed by atoms with E-state index in [1.54, 1.807) is 0 Å². The first-order valence-electron chi connectivity index (χ1n) is 6.94. The Morgan fingerprint density at radius 1 is 1.29 bits per heavy atom. The Morgan fingerprint density at radius 2 is 2.06 bits per heavy atom. The summed E-state index contributed by atoms with van der Waals surface area (Å²) in [6, 6.07) is 8.89. The van der Waals surface area contributed by atoms with Crippen LogP contribution in [0.3, 0.4) is 0 Å². The van der Waals surface area contributed by atoms with Crippen molar-refractivity contribution in [3.8, 4) is 0 Å². The van der Waals surface area contributed by atoms with Gasteiger partial charge in [0.05, 0.1) is 0 Å². The zero-order valence-corrected chi connectivity index (χ0v) is 11.4. The summed E-state index contributed by atoms with van der Waals surface area (Å²) in [4.78, 5) is 0. The quantitative estimate of drug-likeness (QED) is 0.821. The molecule has 0 bridgehead atoms. The fourth-order valence-corrected chi connectivity index (χ4v) is 3.16. The maximum Gasteiger partial charge on any atom is 0.0438 e. The highest BCUT2D eigenvalue weighted by Crippen LogP contribution is 2.42. The molecule has 3 unspecified atom stereocenters. The molecule has 1 aliphatic rings. The molecule has 0 aliphatic heterocycles. The van der Waals surface area contributed by atoms with E-state index in [1.807, 2.05) is 0 Å². The molecule has 0 saturated heterocycles. The number of rotatable bonds is 2. The van der Waals surface area contributed by atoms with Crippen molar-refractivity contribution in [1.29, 1.82) is 0 Å². The number of benzene rings is 1. The first-order valence-corrected chi connectivity index (χ1v) is 6.94. The van der Waals surface area contributed by atoms with E-state index in [0.29, 0.717) is 5.92 Å². The predicted octanol–water partition coefficient (Wildman–Crippen LogP) is 3.86. The van der Waals surface area contributed by atoms with Gasteiger partial charge in [0.1, 0.15) is 0 Å². The highest BCUT2D eigenvalue weighted by atomic mass is 14.8. The lowest BCUT2D eigenvalue weighted by Crippen LogP contribution is -2.47. The van der Waals surface area contributed by atoms with E-state index in [9.17, 15) is 0 Å². The Labute approximate surface area is 105 Å². The predicted molar refractivity (Wildman–Crippen MR) is 73.9 cm³/mol. The fraction of sp³-hybridized carbons (Fsp3) is 0.625. The van der Waals surface area contributed by atoms with E-state index < -0.39 is 0 Å². The van der Waals surface area contributed by atoms with Crippen LogP contribution in [-0.4, -0.2) is 0 Å². The van der Waals surface area contributed by atoms with Gasteiger partial charge in [0.15, 0.2) is 0 Å². The summed E-state index contributed by atoms with van der Waals surface area (Å²) >= 11 is 0. The molecule has 94 valence electrons. The minimum atomic E-state index is -0.108. The normalized spacial score (nSPS) is 33.6. The lowest BCUT2D eigenvalue weighted by atomic mass is 9.67. The Morgan fingerprint density at radius 3 is 2.76 bits per heavy atom. The first kappa shape index (κ1) is 12.6. The molecule has 2 rings (SSSR count). The lowest BCUT2D eigenvalue weighted by molar-refractivity contribution is 0.162. The third kappa shape index (κ3) is 2.40. The van der Waals surface area contributed by atoms with Crippen molar-refractivity contribution in [2.24, 2.45) is 17.6 Å². The van der Waals surface area contributed by atoms with E-state index in [2.05, 4.69) is 45.0 Å². The van der Waals surface area contributed by atoms with Crippen molar-refractivity contribution in [1.82, 2.24) is 0 Å². The molecule has 3 atom stereocenters. The fourth-order valence-electron chi connectivity index (χ4n) is 3.16. The van der Waals surface area contributed by atoms with E-state index >= 15 is 0 Å². The van der Waals surface area contributed by atoms with E-state index in [4.69, 9.17) is 5.73 Å². The van der Waals surface area contributed by atoms with Crippen molar-refractivity contribution < 1.29 is 0 Å². The Balaban J connectivity index is 2.34. The molecule has 1 aromatic rings. The maximum absolute atomic E-state index is 6.74. The standard InChI is InChI=1S/C16H25N/c1-4-14-6-5-7-15(10-14)16(17)11-12(2)8-9-13(16)3/h5-7,10,12-13H,4,8-9,11,17H2,1-3H3. The van der Waals surface area contributed by atoms with Crippen LogP contribution in [-0.2, 0) is 12.0 Å². The number of aryl methyl sites for hydroxylation is 1. The highest BCUT2D eigenvalue weighted by Gasteiger charge is 2.38.